The van der Waals surface area contributed by atoms with E-state index in [1.54, 1.807) is 13.1 Å². The lowest BCUT2D eigenvalue weighted by Crippen LogP contribution is -2.37. The third-order valence-electron chi connectivity index (χ3n) is 3.54. The fourth-order valence-corrected chi connectivity index (χ4v) is 3.09. The van der Waals surface area contributed by atoms with Gasteiger partial charge in [-0.2, -0.15) is 5.26 Å². The van der Waals surface area contributed by atoms with Crippen molar-refractivity contribution in [3.63, 3.8) is 0 Å². The molecule has 7 heteroatoms. The summed E-state index contributed by atoms with van der Waals surface area (Å²) in [5, 5.41) is 11.3. The van der Waals surface area contributed by atoms with E-state index in [1.807, 2.05) is 17.5 Å². The van der Waals surface area contributed by atoms with E-state index in [9.17, 15) is 9.59 Å². The van der Waals surface area contributed by atoms with Crippen molar-refractivity contribution < 1.29 is 0 Å². The molecule has 0 aliphatic rings. The van der Waals surface area contributed by atoms with Crippen molar-refractivity contribution in [1.29, 1.82) is 5.26 Å². The van der Waals surface area contributed by atoms with Crippen LogP contribution in [0.25, 0.3) is 21.6 Å². The topological polar surface area (TPSA) is 80.7 Å². The van der Waals surface area contributed by atoms with Crippen molar-refractivity contribution in [2.24, 2.45) is 14.1 Å². The number of nitrogens with zero attached hydrogens (tertiary/aromatic N) is 4. The zero-order valence-corrected chi connectivity index (χ0v) is 12.8. The molecule has 3 aromatic heterocycles. The van der Waals surface area contributed by atoms with Gasteiger partial charge in [0.15, 0.2) is 0 Å². The Kier molecular flexibility index (Phi) is 3.39. The van der Waals surface area contributed by atoms with E-state index in [-0.39, 0.29) is 6.42 Å². The number of hydrogen-bond acceptors (Lipinski definition) is 5. The van der Waals surface area contributed by atoms with Gasteiger partial charge in [0.05, 0.1) is 28.4 Å². The Balaban J connectivity index is 2.50. The summed E-state index contributed by atoms with van der Waals surface area (Å²) in [6, 6.07) is 7.64. The molecule has 110 valence electrons. The van der Waals surface area contributed by atoms with Gasteiger partial charge in [-0.25, -0.2) is 9.78 Å². The summed E-state index contributed by atoms with van der Waals surface area (Å²) in [6.45, 7) is 0. The molecule has 3 rings (SSSR count). The monoisotopic (exact) mass is 312 g/mol. The van der Waals surface area contributed by atoms with Crippen molar-refractivity contribution >= 4 is 22.4 Å². The minimum atomic E-state index is -0.434. The standard InChI is InChI=1S/C15H12N4O2S/c1-18-13-12(14(20)19(2)15(18)21)9(5-6-16)8-10(17-13)11-4-3-7-22-11/h3-4,7-8H,5H2,1-2H3. The second kappa shape index (κ2) is 5.24. The summed E-state index contributed by atoms with van der Waals surface area (Å²) in [7, 11) is 3.00. The molecule has 0 aromatic carbocycles. The minimum Gasteiger partial charge on any atom is -0.280 e. The van der Waals surface area contributed by atoms with Crippen LogP contribution in [0.5, 0.6) is 0 Å². The van der Waals surface area contributed by atoms with E-state index in [0.29, 0.717) is 22.3 Å². The molecule has 3 heterocycles. The molecule has 0 fully saturated rings. The van der Waals surface area contributed by atoms with Gasteiger partial charge in [0, 0.05) is 14.1 Å². The lowest BCUT2D eigenvalue weighted by molar-refractivity contribution is 0.707. The first-order chi connectivity index (χ1) is 10.5. The molecule has 0 N–H and O–H groups in total. The maximum Gasteiger partial charge on any atom is 0.332 e. The zero-order valence-electron chi connectivity index (χ0n) is 12.0. The summed E-state index contributed by atoms with van der Waals surface area (Å²) in [5.74, 6) is 0. The fourth-order valence-electron chi connectivity index (χ4n) is 2.40. The molecular formula is C15H12N4O2S. The Bertz CT molecular complexity index is 1020. The minimum absolute atomic E-state index is 0.0881. The quantitative estimate of drug-likeness (QED) is 0.717. The van der Waals surface area contributed by atoms with E-state index < -0.39 is 11.2 Å². The number of pyridine rings is 1. The Morgan fingerprint density at radius 1 is 1.32 bits per heavy atom. The largest absolute Gasteiger partial charge is 0.332 e. The predicted molar refractivity (Wildman–Crippen MR) is 84.9 cm³/mol. The van der Waals surface area contributed by atoms with Gasteiger partial charge < -0.3 is 0 Å². The van der Waals surface area contributed by atoms with E-state index in [4.69, 9.17) is 5.26 Å². The summed E-state index contributed by atoms with van der Waals surface area (Å²) in [5.41, 5.74) is 0.706. The Hall–Kier alpha value is -2.72. The second-order valence-corrected chi connectivity index (χ2v) is 5.83. The van der Waals surface area contributed by atoms with Gasteiger partial charge in [0.25, 0.3) is 5.56 Å². The van der Waals surface area contributed by atoms with Crippen LogP contribution in [0.15, 0.2) is 33.2 Å². The van der Waals surface area contributed by atoms with Gasteiger partial charge in [-0.15, -0.1) is 11.3 Å². The number of rotatable bonds is 2. The highest BCUT2D eigenvalue weighted by atomic mass is 32.1. The smallest absolute Gasteiger partial charge is 0.280 e. The summed E-state index contributed by atoms with van der Waals surface area (Å²) < 4.78 is 2.38. The molecule has 0 saturated carbocycles. The first-order valence-corrected chi connectivity index (χ1v) is 7.43. The summed E-state index contributed by atoms with van der Waals surface area (Å²) in [6.07, 6.45) is 0.0881. The van der Waals surface area contributed by atoms with E-state index >= 15 is 0 Å². The van der Waals surface area contributed by atoms with Crippen LogP contribution in [0, 0.1) is 11.3 Å². The molecule has 0 radical (unpaired) electrons. The third-order valence-corrected chi connectivity index (χ3v) is 4.43. The third kappa shape index (κ3) is 2.05. The fraction of sp³-hybridized carbons (Fsp3) is 0.200. The Morgan fingerprint density at radius 2 is 2.09 bits per heavy atom. The lowest BCUT2D eigenvalue weighted by Gasteiger charge is -2.11. The van der Waals surface area contributed by atoms with E-state index in [1.165, 1.54) is 23.0 Å². The molecule has 0 bridgehead atoms. The number of aromatic nitrogens is 3. The van der Waals surface area contributed by atoms with Gasteiger partial charge in [0.1, 0.15) is 5.65 Å². The molecule has 0 saturated heterocycles. The molecule has 6 nitrogen and oxygen atoms in total. The first-order valence-electron chi connectivity index (χ1n) is 6.55. The number of nitriles is 1. The van der Waals surface area contributed by atoms with Gasteiger partial charge in [0.2, 0.25) is 0 Å². The van der Waals surface area contributed by atoms with Crippen LogP contribution in [-0.2, 0) is 20.5 Å². The number of fused-ring (bicyclic) bond motifs is 1. The van der Waals surface area contributed by atoms with Crippen LogP contribution in [0.2, 0.25) is 0 Å². The van der Waals surface area contributed by atoms with Crippen molar-refractivity contribution in [1.82, 2.24) is 14.1 Å². The van der Waals surface area contributed by atoms with Gasteiger partial charge in [-0.1, -0.05) is 6.07 Å². The van der Waals surface area contributed by atoms with Crippen molar-refractivity contribution in [2.75, 3.05) is 0 Å². The molecule has 0 unspecified atom stereocenters. The highest BCUT2D eigenvalue weighted by molar-refractivity contribution is 7.13. The maximum absolute atomic E-state index is 12.4. The van der Waals surface area contributed by atoms with Crippen LogP contribution in [0.4, 0.5) is 0 Å². The van der Waals surface area contributed by atoms with E-state index in [2.05, 4.69) is 11.1 Å². The van der Waals surface area contributed by atoms with Crippen LogP contribution in [0.3, 0.4) is 0 Å². The molecule has 0 atom stereocenters. The number of thiophene rings is 1. The maximum atomic E-state index is 12.4. The SMILES string of the molecule is Cn1c(=O)c2c(CC#N)cc(-c3cccs3)nc2n(C)c1=O. The molecule has 22 heavy (non-hydrogen) atoms. The Morgan fingerprint density at radius 3 is 2.73 bits per heavy atom. The summed E-state index contributed by atoms with van der Waals surface area (Å²) in [4.78, 5) is 29.9. The summed E-state index contributed by atoms with van der Waals surface area (Å²) >= 11 is 1.51. The average molecular weight is 312 g/mol. The highest BCUT2D eigenvalue weighted by Gasteiger charge is 2.16. The molecule has 0 spiro atoms. The first kappa shape index (κ1) is 14.2. The lowest BCUT2D eigenvalue weighted by atomic mass is 10.1. The van der Waals surface area contributed by atoms with Crippen LogP contribution in [0.1, 0.15) is 5.56 Å². The highest BCUT2D eigenvalue weighted by Crippen LogP contribution is 2.26. The van der Waals surface area contributed by atoms with Gasteiger partial charge in [-0.3, -0.25) is 13.9 Å². The number of hydrogen-bond donors (Lipinski definition) is 0. The number of aryl methyl sites for hydroxylation is 1. The van der Waals surface area contributed by atoms with Crippen molar-refractivity contribution in [3.8, 4) is 16.6 Å². The normalized spacial score (nSPS) is 10.8. The zero-order chi connectivity index (χ0) is 15.9. The molecule has 3 aromatic rings. The van der Waals surface area contributed by atoms with Gasteiger partial charge in [-0.05, 0) is 23.1 Å². The Labute approximate surface area is 129 Å². The van der Waals surface area contributed by atoms with E-state index in [0.717, 1.165) is 9.44 Å². The molecule has 0 amide bonds. The van der Waals surface area contributed by atoms with Crippen molar-refractivity contribution in [3.05, 3.63) is 50.0 Å². The van der Waals surface area contributed by atoms with Crippen LogP contribution >= 0.6 is 11.3 Å². The predicted octanol–water partition coefficient (Wildman–Crippen LogP) is 1.43. The van der Waals surface area contributed by atoms with Gasteiger partial charge >= 0.3 is 5.69 Å². The molecule has 0 aliphatic carbocycles. The van der Waals surface area contributed by atoms with Crippen LogP contribution in [-0.4, -0.2) is 14.1 Å². The van der Waals surface area contributed by atoms with Crippen LogP contribution < -0.4 is 11.2 Å². The van der Waals surface area contributed by atoms with Crippen molar-refractivity contribution in [2.45, 2.75) is 6.42 Å². The average Bonchev–Trinajstić information content (AvgIpc) is 3.05. The molecular weight excluding hydrogens is 300 g/mol. The molecule has 0 aliphatic heterocycles. The second-order valence-electron chi connectivity index (χ2n) is 4.88.